The summed E-state index contributed by atoms with van der Waals surface area (Å²) in [5.74, 6) is -0.214. The van der Waals surface area contributed by atoms with Gasteiger partial charge in [0.05, 0.1) is 6.07 Å². The van der Waals surface area contributed by atoms with Crippen molar-refractivity contribution in [3.8, 4) is 6.07 Å². The fourth-order valence-electron chi connectivity index (χ4n) is 0.994. The van der Waals surface area contributed by atoms with Crippen molar-refractivity contribution in [1.82, 2.24) is 10.3 Å². The van der Waals surface area contributed by atoms with Crippen LogP contribution in [-0.4, -0.2) is 17.4 Å². The first-order chi connectivity index (χ1) is 6.33. The summed E-state index contributed by atoms with van der Waals surface area (Å²) in [6, 6.07) is 5.66. The minimum absolute atomic E-state index is 0.0648. The lowest BCUT2D eigenvalue weighted by Crippen LogP contribution is -2.24. The molecule has 4 nitrogen and oxygen atoms in total. The number of hydrogen-bond acceptors (Lipinski definition) is 2. The van der Waals surface area contributed by atoms with Crippen LogP contribution in [0.4, 0.5) is 0 Å². The highest BCUT2D eigenvalue weighted by molar-refractivity contribution is 5.77. The predicted octanol–water partition coefficient (Wildman–Crippen LogP) is 0.587. The molecule has 4 heteroatoms. The van der Waals surface area contributed by atoms with Crippen LogP contribution in [0.15, 0.2) is 18.3 Å². The van der Waals surface area contributed by atoms with Crippen LogP contribution in [0.3, 0.4) is 0 Å². The molecule has 0 unspecified atom stereocenters. The van der Waals surface area contributed by atoms with E-state index in [-0.39, 0.29) is 12.3 Å². The maximum atomic E-state index is 10.8. The van der Waals surface area contributed by atoms with E-state index in [0.29, 0.717) is 6.54 Å². The molecule has 0 saturated carbocycles. The highest BCUT2D eigenvalue weighted by atomic mass is 16.1. The molecule has 0 radical (unpaired) electrons. The van der Waals surface area contributed by atoms with Crippen LogP contribution in [0.5, 0.6) is 0 Å². The van der Waals surface area contributed by atoms with Gasteiger partial charge in [0.1, 0.15) is 6.42 Å². The first kappa shape index (κ1) is 9.33. The highest BCUT2D eigenvalue weighted by Crippen LogP contribution is 1.93. The summed E-state index contributed by atoms with van der Waals surface area (Å²) in [5.41, 5.74) is 1.08. The first-order valence-corrected chi connectivity index (χ1v) is 4.09. The molecule has 13 heavy (non-hydrogen) atoms. The van der Waals surface area contributed by atoms with Gasteiger partial charge >= 0.3 is 0 Å². The molecule has 1 aromatic heterocycles. The lowest BCUT2D eigenvalue weighted by atomic mass is 10.3. The summed E-state index contributed by atoms with van der Waals surface area (Å²) < 4.78 is 0. The summed E-state index contributed by atoms with van der Waals surface area (Å²) in [4.78, 5) is 13.9. The standard InChI is InChI=1S/C9H11N3O/c10-5-3-9(13)12-7-4-8-2-1-6-11-8/h1-2,6,11H,3-4,7H2,(H,12,13). The Morgan fingerprint density at radius 2 is 2.54 bits per heavy atom. The van der Waals surface area contributed by atoms with Gasteiger partial charge in [0, 0.05) is 24.9 Å². The topological polar surface area (TPSA) is 68.7 Å². The van der Waals surface area contributed by atoms with Gasteiger partial charge in [-0.15, -0.1) is 0 Å². The monoisotopic (exact) mass is 177 g/mol. The summed E-state index contributed by atoms with van der Waals surface area (Å²) >= 11 is 0. The number of nitrogens with zero attached hydrogens (tertiary/aromatic N) is 1. The van der Waals surface area contributed by atoms with Crippen molar-refractivity contribution in [2.75, 3.05) is 6.54 Å². The molecule has 0 aliphatic carbocycles. The summed E-state index contributed by atoms with van der Waals surface area (Å²) in [6.07, 6.45) is 2.54. The number of aromatic nitrogens is 1. The fourth-order valence-corrected chi connectivity index (χ4v) is 0.994. The van der Waals surface area contributed by atoms with E-state index in [1.54, 1.807) is 6.07 Å². The molecule has 1 heterocycles. The minimum atomic E-state index is -0.214. The number of nitrogens with one attached hydrogen (secondary N) is 2. The van der Waals surface area contributed by atoms with Gasteiger partial charge in [0.25, 0.3) is 0 Å². The number of carbonyl (C=O) groups excluding carboxylic acids is 1. The first-order valence-electron chi connectivity index (χ1n) is 4.09. The summed E-state index contributed by atoms with van der Waals surface area (Å²) in [6.45, 7) is 0.570. The number of H-pyrrole nitrogens is 1. The smallest absolute Gasteiger partial charge is 0.234 e. The quantitative estimate of drug-likeness (QED) is 0.706. The van der Waals surface area contributed by atoms with E-state index in [4.69, 9.17) is 5.26 Å². The van der Waals surface area contributed by atoms with Gasteiger partial charge in [-0.25, -0.2) is 0 Å². The molecular formula is C9H11N3O. The number of amides is 1. The van der Waals surface area contributed by atoms with E-state index < -0.39 is 0 Å². The van der Waals surface area contributed by atoms with Crippen molar-refractivity contribution >= 4 is 5.91 Å². The SMILES string of the molecule is N#CCC(=O)NCCc1ccc[nH]1. The van der Waals surface area contributed by atoms with Crippen molar-refractivity contribution in [3.63, 3.8) is 0 Å². The van der Waals surface area contributed by atoms with Crippen LogP contribution in [0.1, 0.15) is 12.1 Å². The van der Waals surface area contributed by atoms with Crippen LogP contribution in [-0.2, 0) is 11.2 Å². The zero-order chi connectivity index (χ0) is 9.52. The van der Waals surface area contributed by atoms with E-state index >= 15 is 0 Å². The summed E-state index contributed by atoms with van der Waals surface area (Å²) in [7, 11) is 0. The van der Waals surface area contributed by atoms with Gasteiger partial charge in [-0.1, -0.05) is 0 Å². The van der Waals surface area contributed by atoms with E-state index in [1.807, 2.05) is 18.3 Å². The van der Waals surface area contributed by atoms with E-state index in [1.165, 1.54) is 0 Å². The normalized spacial score (nSPS) is 9.15. The number of nitriles is 1. The van der Waals surface area contributed by atoms with Gasteiger partial charge < -0.3 is 10.3 Å². The summed E-state index contributed by atoms with van der Waals surface area (Å²) in [5, 5.41) is 10.8. The van der Waals surface area contributed by atoms with Crippen LogP contribution in [0, 0.1) is 11.3 Å². The van der Waals surface area contributed by atoms with Crippen molar-refractivity contribution in [3.05, 3.63) is 24.0 Å². The Balaban J connectivity index is 2.15. The zero-order valence-corrected chi connectivity index (χ0v) is 7.21. The number of aromatic amines is 1. The predicted molar refractivity (Wildman–Crippen MR) is 47.7 cm³/mol. The number of carbonyl (C=O) groups is 1. The Bertz CT molecular complexity index is 297. The lowest BCUT2D eigenvalue weighted by Gasteiger charge is -2.00. The molecule has 0 aliphatic heterocycles. The molecular weight excluding hydrogens is 166 g/mol. The Morgan fingerprint density at radius 3 is 3.15 bits per heavy atom. The molecule has 0 atom stereocenters. The van der Waals surface area contributed by atoms with Crippen molar-refractivity contribution in [1.29, 1.82) is 5.26 Å². The average molecular weight is 177 g/mol. The van der Waals surface area contributed by atoms with Gasteiger partial charge in [-0.05, 0) is 12.1 Å². The minimum Gasteiger partial charge on any atom is -0.365 e. The zero-order valence-electron chi connectivity index (χ0n) is 7.21. The van der Waals surface area contributed by atoms with Crippen molar-refractivity contribution in [2.45, 2.75) is 12.8 Å². The Labute approximate surface area is 76.6 Å². The third-order valence-electron chi connectivity index (χ3n) is 1.62. The average Bonchev–Trinajstić information content (AvgIpc) is 2.57. The van der Waals surface area contributed by atoms with E-state index in [9.17, 15) is 4.79 Å². The molecule has 0 bridgehead atoms. The molecule has 0 saturated heterocycles. The molecule has 0 aliphatic rings. The van der Waals surface area contributed by atoms with Crippen molar-refractivity contribution < 1.29 is 4.79 Å². The molecule has 0 spiro atoms. The van der Waals surface area contributed by atoms with Crippen LogP contribution in [0.2, 0.25) is 0 Å². The lowest BCUT2D eigenvalue weighted by molar-refractivity contribution is -0.120. The molecule has 0 aromatic carbocycles. The number of rotatable bonds is 4. The second-order valence-corrected chi connectivity index (χ2v) is 2.63. The molecule has 1 amide bonds. The van der Waals surface area contributed by atoms with Crippen LogP contribution in [0.25, 0.3) is 0 Å². The van der Waals surface area contributed by atoms with Crippen LogP contribution < -0.4 is 5.32 Å². The Hall–Kier alpha value is -1.76. The maximum Gasteiger partial charge on any atom is 0.234 e. The Kier molecular flexibility index (Phi) is 3.58. The molecule has 1 aromatic rings. The third kappa shape index (κ3) is 3.43. The van der Waals surface area contributed by atoms with E-state index in [2.05, 4.69) is 10.3 Å². The molecule has 68 valence electrons. The molecule has 0 fully saturated rings. The second kappa shape index (κ2) is 4.99. The third-order valence-corrected chi connectivity index (χ3v) is 1.62. The molecule has 2 N–H and O–H groups in total. The highest BCUT2D eigenvalue weighted by Gasteiger charge is 1.98. The van der Waals surface area contributed by atoms with Crippen LogP contribution >= 0.6 is 0 Å². The Morgan fingerprint density at radius 1 is 1.69 bits per heavy atom. The maximum absolute atomic E-state index is 10.8. The molecule has 1 rings (SSSR count). The largest absolute Gasteiger partial charge is 0.365 e. The van der Waals surface area contributed by atoms with E-state index in [0.717, 1.165) is 12.1 Å². The van der Waals surface area contributed by atoms with Gasteiger partial charge in [0.2, 0.25) is 5.91 Å². The fraction of sp³-hybridized carbons (Fsp3) is 0.333. The van der Waals surface area contributed by atoms with Crippen molar-refractivity contribution in [2.24, 2.45) is 0 Å². The van der Waals surface area contributed by atoms with Gasteiger partial charge in [-0.2, -0.15) is 5.26 Å². The van der Waals surface area contributed by atoms with Gasteiger partial charge in [-0.3, -0.25) is 4.79 Å². The second-order valence-electron chi connectivity index (χ2n) is 2.63. The number of hydrogen-bond donors (Lipinski definition) is 2. The van der Waals surface area contributed by atoms with Gasteiger partial charge in [0.15, 0.2) is 0 Å².